The molecule has 1 fully saturated rings. The summed E-state index contributed by atoms with van der Waals surface area (Å²) in [6, 6.07) is 6.32. The van der Waals surface area contributed by atoms with Crippen LogP contribution in [0.15, 0.2) is 18.2 Å². The zero-order chi connectivity index (χ0) is 11.5. The van der Waals surface area contributed by atoms with Crippen LogP contribution in [0.2, 0.25) is 0 Å². The standard InChI is InChI=1S/C14H22N2/c1-3-16(9-12-5-6-12)10-13-8-11(2)4-7-14(13)15/h4,7-8,12H,3,5-6,9-10,15H2,1-2H3. The fourth-order valence-electron chi connectivity index (χ4n) is 2.08. The average molecular weight is 218 g/mol. The molecule has 1 aromatic rings. The van der Waals surface area contributed by atoms with Crippen LogP contribution in [0.5, 0.6) is 0 Å². The molecule has 0 unspecified atom stereocenters. The minimum Gasteiger partial charge on any atom is -0.398 e. The molecule has 1 aliphatic rings. The lowest BCUT2D eigenvalue weighted by Gasteiger charge is -2.21. The first-order valence-electron chi connectivity index (χ1n) is 6.26. The van der Waals surface area contributed by atoms with E-state index in [1.165, 1.54) is 30.5 Å². The highest BCUT2D eigenvalue weighted by molar-refractivity contribution is 5.48. The number of nitrogens with zero attached hydrogens (tertiary/aromatic N) is 1. The highest BCUT2D eigenvalue weighted by atomic mass is 15.1. The molecule has 0 saturated heterocycles. The Morgan fingerprint density at radius 2 is 2.12 bits per heavy atom. The molecule has 0 heterocycles. The molecule has 2 heteroatoms. The van der Waals surface area contributed by atoms with Crippen molar-refractivity contribution < 1.29 is 0 Å². The fourth-order valence-corrected chi connectivity index (χ4v) is 2.08. The van der Waals surface area contributed by atoms with Crippen molar-refractivity contribution in [3.05, 3.63) is 29.3 Å². The molecular formula is C14H22N2. The maximum Gasteiger partial charge on any atom is 0.0359 e. The zero-order valence-electron chi connectivity index (χ0n) is 10.4. The van der Waals surface area contributed by atoms with Crippen LogP contribution in [0.25, 0.3) is 0 Å². The number of nitrogens with two attached hydrogens (primary N) is 1. The van der Waals surface area contributed by atoms with Crippen LogP contribution in [0.3, 0.4) is 0 Å². The number of benzene rings is 1. The van der Waals surface area contributed by atoms with Crippen molar-refractivity contribution in [3.63, 3.8) is 0 Å². The van der Waals surface area contributed by atoms with Gasteiger partial charge in [-0.2, -0.15) is 0 Å². The molecular weight excluding hydrogens is 196 g/mol. The molecule has 0 bridgehead atoms. The Morgan fingerprint density at radius 3 is 2.75 bits per heavy atom. The molecule has 2 rings (SSSR count). The number of aryl methyl sites for hydroxylation is 1. The maximum absolute atomic E-state index is 6.01. The first-order chi connectivity index (χ1) is 7.69. The van der Waals surface area contributed by atoms with Gasteiger partial charge in [-0.3, -0.25) is 4.90 Å². The largest absolute Gasteiger partial charge is 0.398 e. The van der Waals surface area contributed by atoms with Crippen molar-refractivity contribution in [2.24, 2.45) is 5.92 Å². The molecule has 2 nitrogen and oxygen atoms in total. The number of hydrogen-bond donors (Lipinski definition) is 1. The Balaban J connectivity index is 2.01. The van der Waals surface area contributed by atoms with Crippen molar-refractivity contribution in [2.45, 2.75) is 33.2 Å². The summed E-state index contributed by atoms with van der Waals surface area (Å²) in [5.41, 5.74) is 9.52. The summed E-state index contributed by atoms with van der Waals surface area (Å²) in [6.07, 6.45) is 2.83. The molecule has 0 atom stereocenters. The Bertz CT molecular complexity index is 356. The predicted molar refractivity (Wildman–Crippen MR) is 69.3 cm³/mol. The molecule has 1 aromatic carbocycles. The second-order valence-electron chi connectivity index (χ2n) is 4.97. The van der Waals surface area contributed by atoms with Gasteiger partial charge in [-0.1, -0.05) is 24.6 Å². The quantitative estimate of drug-likeness (QED) is 0.770. The molecule has 1 saturated carbocycles. The zero-order valence-corrected chi connectivity index (χ0v) is 10.4. The van der Waals surface area contributed by atoms with Crippen LogP contribution in [0.4, 0.5) is 5.69 Å². The van der Waals surface area contributed by atoms with Gasteiger partial charge < -0.3 is 5.73 Å². The van der Waals surface area contributed by atoms with Crippen molar-refractivity contribution in [1.29, 1.82) is 0 Å². The Hall–Kier alpha value is -1.02. The van der Waals surface area contributed by atoms with E-state index in [9.17, 15) is 0 Å². The second-order valence-corrected chi connectivity index (χ2v) is 4.97. The number of nitrogen functional groups attached to an aromatic ring is 1. The normalized spacial score (nSPS) is 15.7. The van der Waals surface area contributed by atoms with Gasteiger partial charge in [-0.15, -0.1) is 0 Å². The summed E-state index contributed by atoms with van der Waals surface area (Å²) in [5, 5.41) is 0. The molecule has 0 aromatic heterocycles. The van der Waals surface area contributed by atoms with Gasteiger partial charge in [0.15, 0.2) is 0 Å². The minimum atomic E-state index is 0.930. The van der Waals surface area contributed by atoms with Gasteiger partial charge in [0.2, 0.25) is 0 Å². The van der Waals surface area contributed by atoms with Crippen LogP contribution < -0.4 is 5.73 Å². The van der Waals surface area contributed by atoms with E-state index in [0.29, 0.717) is 0 Å². The first-order valence-corrected chi connectivity index (χ1v) is 6.26. The van der Waals surface area contributed by atoms with Gasteiger partial charge in [-0.05, 0) is 43.9 Å². The lowest BCUT2D eigenvalue weighted by Crippen LogP contribution is -2.25. The highest BCUT2D eigenvalue weighted by Gasteiger charge is 2.23. The molecule has 0 amide bonds. The van der Waals surface area contributed by atoms with E-state index < -0.39 is 0 Å². The lowest BCUT2D eigenvalue weighted by molar-refractivity contribution is 0.269. The van der Waals surface area contributed by atoms with Gasteiger partial charge in [0.1, 0.15) is 0 Å². The van der Waals surface area contributed by atoms with E-state index in [1.54, 1.807) is 0 Å². The minimum absolute atomic E-state index is 0.930. The number of anilines is 1. The van der Waals surface area contributed by atoms with Gasteiger partial charge in [0, 0.05) is 18.8 Å². The summed E-state index contributed by atoms with van der Waals surface area (Å²) in [4.78, 5) is 2.50. The smallest absolute Gasteiger partial charge is 0.0359 e. The summed E-state index contributed by atoms with van der Waals surface area (Å²) in [5.74, 6) is 0.950. The SMILES string of the molecule is CCN(Cc1cc(C)ccc1N)CC1CC1. The van der Waals surface area contributed by atoms with Gasteiger partial charge in [-0.25, -0.2) is 0 Å². The number of hydrogen-bond acceptors (Lipinski definition) is 2. The Morgan fingerprint density at radius 1 is 1.38 bits per heavy atom. The van der Waals surface area contributed by atoms with Crippen molar-refractivity contribution >= 4 is 5.69 Å². The first kappa shape index (κ1) is 11.5. The molecule has 2 N–H and O–H groups in total. The topological polar surface area (TPSA) is 29.3 Å². The molecule has 16 heavy (non-hydrogen) atoms. The lowest BCUT2D eigenvalue weighted by atomic mass is 10.1. The molecule has 0 aliphatic heterocycles. The summed E-state index contributed by atoms with van der Waals surface area (Å²) in [6.45, 7) is 7.71. The summed E-state index contributed by atoms with van der Waals surface area (Å²) < 4.78 is 0. The fraction of sp³-hybridized carbons (Fsp3) is 0.571. The predicted octanol–water partition coefficient (Wildman–Crippen LogP) is 2.81. The van der Waals surface area contributed by atoms with E-state index in [-0.39, 0.29) is 0 Å². The van der Waals surface area contributed by atoms with E-state index in [0.717, 1.165) is 24.7 Å². The van der Waals surface area contributed by atoms with Crippen molar-refractivity contribution in [3.8, 4) is 0 Å². The van der Waals surface area contributed by atoms with E-state index in [4.69, 9.17) is 5.73 Å². The summed E-state index contributed by atoms with van der Waals surface area (Å²) >= 11 is 0. The van der Waals surface area contributed by atoms with Crippen LogP contribution in [-0.2, 0) is 6.54 Å². The highest BCUT2D eigenvalue weighted by Crippen LogP contribution is 2.30. The van der Waals surface area contributed by atoms with E-state index in [1.807, 2.05) is 6.07 Å². The third-order valence-electron chi connectivity index (χ3n) is 3.35. The molecule has 88 valence electrons. The van der Waals surface area contributed by atoms with Crippen molar-refractivity contribution in [2.75, 3.05) is 18.8 Å². The Kier molecular flexibility index (Phi) is 3.49. The van der Waals surface area contributed by atoms with Gasteiger partial charge >= 0.3 is 0 Å². The van der Waals surface area contributed by atoms with Crippen LogP contribution in [0, 0.1) is 12.8 Å². The van der Waals surface area contributed by atoms with Crippen molar-refractivity contribution in [1.82, 2.24) is 4.90 Å². The van der Waals surface area contributed by atoms with Crippen LogP contribution in [0.1, 0.15) is 30.9 Å². The monoisotopic (exact) mass is 218 g/mol. The maximum atomic E-state index is 6.01. The Labute approximate surface area is 98.4 Å². The van der Waals surface area contributed by atoms with E-state index in [2.05, 4.69) is 30.9 Å². The molecule has 0 spiro atoms. The van der Waals surface area contributed by atoms with Crippen LogP contribution in [-0.4, -0.2) is 18.0 Å². The second kappa shape index (κ2) is 4.88. The molecule has 0 radical (unpaired) electrons. The van der Waals surface area contributed by atoms with E-state index >= 15 is 0 Å². The average Bonchev–Trinajstić information content (AvgIpc) is 3.06. The third kappa shape index (κ3) is 2.99. The van der Waals surface area contributed by atoms with Gasteiger partial charge in [0.25, 0.3) is 0 Å². The summed E-state index contributed by atoms with van der Waals surface area (Å²) in [7, 11) is 0. The van der Waals surface area contributed by atoms with Crippen LogP contribution >= 0.6 is 0 Å². The van der Waals surface area contributed by atoms with Gasteiger partial charge in [0.05, 0.1) is 0 Å². The molecule has 1 aliphatic carbocycles. The number of rotatable bonds is 5. The third-order valence-corrected chi connectivity index (χ3v) is 3.35.